The molecular weight excluding hydrogens is 172 g/mol. The minimum absolute atomic E-state index is 0.588. The van der Waals surface area contributed by atoms with Gasteiger partial charge in [-0.05, 0) is 12.8 Å². The summed E-state index contributed by atoms with van der Waals surface area (Å²) in [6, 6.07) is 0. The van der Waals surface area contributed by atoms with Gasteiger partial charge < -0.3 is 4.74 Å². The van der Waals surface area contributed by atoms with Gasteiger partial charge in [0.1, 0.15) is 0 Å². The Morgan fingerprint density at radius 1 is 0.929 bits per heavy atom. The van der Waals surface area contributed by atoms with Crippen LogP contribution in [0.25, 0.3) is 0 Å². The van der Waals surface area contributed by atoms with E-state index < -0.39 is 0 Å². The molecule has 0 saturated carbocycles. The van der Waals surface area contributed by atoms with Gasteiger partial charge in [-0.3, -0.25) is 0 Å². The molecule has 84 valence electrons. The topological polar surface area (TPSA) is 9.23 Å². The normalized spacial score (nSPS) is 19.3. The zero-order chi connectivity index (χ0) is 10.3. The van der Waals surface area contributed by atoms with Crippen molar-refractivity contribution in [1.82, 2.24) is 0 Å². The Bertz CT molecular complexity index is 133. The summed E-state index contributed by atoms with van der Waals surface area (Å²) in [7, 11) is 0. The summed E-state index contributed by atoms with van der Waals surface area (Å²) in [5, 5.41) is 0. The van der Waals surface area contributed by atoms with Crippen LogP contribution in [0.4, 0.5) is 0 Å². The lowest BCUT2D eigenvalue weighted by Gasteiger charge is -2.41. The second-order valence-corrected chi connectivity index (χ2v) is 4.86. The van der Waals surface area contributed by atoms with Crippen LogP contribution in [0.2, 0.25) is 0 Å². The number of rotatable bonds is 8. The maximum absolute atomic E-state index is 5.32. The Labute approximate surface area is 89.2 Å². The first-order chi connectivity index (χ1) is 6.83. The highest BCUT2D eigenvalue weighted by molar-refractivity contribution is 4.83. The molecule has 1 fully saturated rings. The quantitative estimate of drug-likeness (QED) is 0.532. The van der Waals surface area contributed by atoms with E-state index in [-0.39, 0.29) is 0 Å². The van der Waals surface area contributed by atoms with Crippen molar-refractivity contribution in [2.45, 2.75) is 65.2 Å². The Kier molecular flexibility index (Phi) is 5.54. The van der Waals surface area contributed by atoms with E-state index in [0.29, 0.717) is 5.41 Å². The van der Waals surface area contributed by atoms with Crippen LogP contribution in [-0.2, 0) is 4.74 Å². The molecule has 1 saturated heterocycles. The van der Waals surface area contributed by atoms with Gasteiger partial charge in [0.2, 0.25) is 0 Å². The minimum atomic E-state index is 0.588. The standard InChI is InChI=1S/C13H26O/c1-3-5-6-7-8-9-10-13(4-2)11-14-12-13/h3-12H2,1-2H3. The van der Waals surface area contributed by atoms with E-state index in [0.717, 1.165) is 13.2 Å². The molecule has 0 atom stereocenters. The van der Waals surface area contributed by atoms with Crippen LogP contribution in [0.1, 0.15) is 65.2 Å². The third kappa shape index (κ3) is 3.61. The molecule has 0 aromatic carbocycles. The van der Waals surface area contributed by atoms with Crippen LogP contribution in [0.5, 0.6) is 0 Å². The molecule has 1 nitrogen and oxygen atoms in total. The van der Waals surface area contributed by atoms with Crippen LogP contribution in [0, 0.1) is 5.41 Å². The first kappa shape index (κ1) is 12.0. The van der Waals surface area contributed by atoms with Gasteiger partial charge in [-0.15, -0.1) is 0 Å². The second kappa shape index (κ2) is 6.44. The van der Waals surface area contributed by atoms with Crippen molar-refractivity contribution in [3.05, 3.63) is 0 Å². The van der Waals surface area contributed by atoms with E-state index in [4.69, 9.17) is 4.74 Å². The highest BCUT2D eigenvalue weighted by Gasteiger charge is 2.35. The number of hydrogen-bond acceptors (Lipinski definition) is 1. The van der Waals surface area contributed by atoms with Gasteiger partial charge in [-0.25, -0.2) is 0 Å². The summed E-state index contributed by atoms with van der Waals surface area (Å²) in [5.41, 5.74) is 0.588. The number of hydrogen-bond donors (Lipinski definition) is 0. The van der Waals surface area contributed by atoms with Gasteiger partial charge >= 0.3 is 0 Å². The molecule has 0 aromatic heterocycles. The van der Waals surface area contributed by atoms with Crippen molar-refractivity contribution in [3.63, 3.8) is 0 Å². The van der Waals surface area contributed by atoms with Crippen LogP contribution >= 0.6 is 0 Å². The Morgan fingerprint density at radius 3 is 2.07 bits per heavy atom. The molecule has 0 radical (unpaired) electrons. The van der Waals surface area contributed by atoms with E-state index in [9.17, 15) is 0 Å². The summed E-state index contributed by atoms with van der Waals surface area (Å²) >= 11 is 0. The van der Waals surface area contributed by atoms with Crippen molar-refractivity contribution in [3.8, 4) is 0 Å². The van der Waals surface area contributed by atoms with Crippen molar-refractivity contribution >= 4 is 0 Å². The molecule has 1 rings (SSSR count). The van der Waals surface area contributed by atoms with Crippen LogP contribution in [0.15, 0.2) is 0 Å². The highest BCUT2D eigenvalue weighted by Crippen LogP contribution is 2.36. The van der Waals surface area contributed by atoms with E-state index in [1.165, 1.54) is 51.4 Å². The third-order valence-corrected chi connectivity index (χ3v) is 3.63. The zero-order valence-electron chi connectivity index (χ0n) is 9.98. The van der Waals surface area contributed by atoms with Crippen LogP contribution < -0.4 is 0 Å². The van der Waals surface area contributed by atoms with E-state index in [1.54, 1.807) is 0 Å². The first-order valence-electron chi connectivity index (χ1n) is 6.41. The Balaban J connectivity index is 1.92. The maximum Gasteiger partial charge on any atom is 0.0544 e. The molecule has 0 N–H and O–H groups in total. The second-order valence-electron chi connectivity index (χ2n) is 4.86. The summed E-state index contributed by atoms with van der Waals surface area (Å²) in [4.78, 5) is 0. The van der Waals surface area contributed by atoms with Crippen molar-refractivity contribution < 1.29 is 4.74 Å². The smallest absolute Gasteiger partial charge is 0.0544 e. The molecular formula is C13H26O. The molecule has 1 aliphatic heterocycles. The molecule has 0 aromatic rings. The third-order valence-electron chi connectivity index (χ3n) is 3.63. The van der Waals surface area contributed by atoms with Gasteiger partial charge in [0.05, 0.1) is 13.2 Å². The van der Waals surface area contributed by atoms with Crippen molar-refractivity contribution in [1.29, 1.82) is 0 Å². The Morgan fingerprint density at radius 2 is 1.57 bits per heavy atom. The summed E-state index contributed by atoms with van der Waals surface area (Å²) in [6.45, 7) is 6.63. The average molecular weight is 198 g/mol. The average Bonchev–Trinajstić information content (AvgIpc) is 2.15. The first-order valence-corrected chi connectivity index (χ1v) is 6.41. The number of ether oxygens (including phenoxy) is 1. The molecule has 14 heavy (non-hydrogen) atoms. The van der Waals surface area contributed by atoms with Crippen molar-refractivity contribution in [2.75, 3.05) is 13.2 Å². The zero-order valence-corrected chi connectivity index (χ0v) is 9.98. The van der Waals surface area contributed by atoms with Crippen molar-refractivity contribution in [2.24, 2.45) is 5.41 Å². The summed E-state index contributed by atoms with van der Waals surface area (Å²) in [6.07, 6.45) is 11.2. The van der Waals surface area contributed by atoms with Crippen LogP contribution in [-0.4, -0.2) is 13.2 Å². The summed E-state index contributed by atoms with van der Waals surface area (Å²) < 4.78 is 5.32. The fourth-order valence-electron chi connectivity index (χ4n) is 2.20. The molecule has 0 amide bonds. The molecule has 1 heterocycles. The summed E-state index contributed by atoms with van der Waals surface area (Å²) in [5.74, 6) is 0. The SMILES string of the molecule is CCCCCCCCC1(CC)COC1. The van der Waals surface area contributed by atoms with Gasteiger partial charge in [0.15, 0.2) is 0 Å². The fourth-order valence-corrected chi connectivity index (χ4v) is 2.20. The molecule has 1 aliphatic rings. The highest BCUT2D eigenvalue weighted by atomic mass is 16.5. The van der Waals surface area contributed by atoms with Crippen LogP contribution in [0.3, 0.4) is 0 Å². The lowest BCUT2D eigenvalue weighted by molar-refractivity contribution is -0.120. The number of unbranched alkanes of at least 4 members (excludes halogenated alkanes) is 5. The molecule has 0 aliphatic carbocycles. The Hall–Kier alpha value is -0.0400. The van der Waals surface area contributed by atoms with E-state index in [2.05, 4.69) is 13.8 Å². The van der Waals surface area contributed by atoms with Gasteiger partial charge in [0, 0.05) is 5.41 Å². The lowest BCUT2D eigenvalue weighted by atomic mass is 9.78. The lowest BCUT2D eigenvalue weighted by Crippen LogP contribution is -2.41. The predicted molar refractivity (Wildman–Crippen MR) is 61.5 cm³/mol. The maximum atomic E-state index is 5.32. The van der Waals surface area contributed by atoms with Gasteiger partial charge in [-0.2, -0.15) is 0 Å². The minimum Gasteiger partial charge on any atom is -0.380 e. The van der Waals surface area contributed by atoms with E-state index >= 15 is 0 Å². The fraction of sp³-hybridized carbons (Fsp3) is 1.00. The molecule has 0 spiro atoms. The van der Waals surface area contributed by atoms with Gasteiger partial charge in [0.25, 0.3) is 0 Å². The predicted octanol–water partition coefficient (Wildman–Crippen LogP) is 4.16. The molecule has 0 bridgehead atoms. The van der Waals surface area contributed by atoms with Gasteiger partial charge in [-0.1, -0.05) is 52.4 Å². The monoisotopic (exact) mass is 198 g/mol. The molecule has 0 unspecified atom stereocenters. The molecule has 1 heteroatoms. The van der Waals surface area contributed by atoms with E-state index in [1.807, 2.05) is 0 Å². The largest absolute Gasteiger partial charge is 0.380 e.